The minimum atomic E-state index is -4.55. The van der Waals surface area contributed by atoms with E-state index in [4.69, 9.17) is 58.6 Å². The van der Waals surface area contributed by atoms with Crippen LogP contribution < -0.4 is 44.1 Å². The first-order valence-corrected chi connectivity index (χ1v) is 45.6. The van der Waals surface area contributed by atoms with Crippen molar-refractivity contribution in [1.29, 1.82) is 0 Å². The van der Waals surface area contributed by atoms with Crippen LogP contribution in [0.15, 0.2) is 81.9 Å². The number of thioether (sulfide) groups is 3. The molecule has 3 saturated heterocycles. The summed E-state index contributed by atoms with van der Waals surface area (Å²) in [5.74, 6) is -0.138. The molecular formula is C72H99BF6N17O25P3S3+. The molecular weight excluding hydrogens is 1820 g/mol. The van der Waals surface area contributed by atoms with E-state index in [0.29, 0.717) is 29.7 Å². The standard InChI is InChI=1S/C27H36F3N6O8PS.C26H34F3N6O9PS.C19H28N5O8PS.B/c1-5-25(2,3)23(39)46-11-10-42-45(41,33-12-15-6-8-16(9-7-15)27(28,29)30)43-13-17-19(37)26(4,40)22(44-17)36-14-32-18-20(36)34-24(31)35-21(18)38;1-24(2,12-36)22(39)46-9-8-42-45(41,32-10-14-4-6-15(7-5-14)26(27,28)29)43-11-16-18(37)25(3,40)21(44-16)35-13-31-17-19(35)33-23(30)34-20(17)38;1-5-18(2,3)16(27)34-7-6-30-33(29)31-8-10-12(25)19(4,28)15(32-10)24-9-21-11-13(24)22-17(20)23-14(11)26;/h6-9,14,17,19,22,37,40H,5,10-13H2,1-4H3,(H,33,41)(H3,31,34,35,38);4-7,13,16,18,21,36-37,40H,8-12H2,1-3H3,(H,32,41)(H3,30,33,34,38);9-10,12,15,25,28H,5-8H2,1-4H3,(H2-,20,22,23,26);/p+1/t17-,19+,22-,26?,45?;16-,18+,21-,25?,45?;10-,12+,15-,19?;/m111./s1. The normalized spacial score (nSPS) is 23.9. The van der Waals surface area contributed by atoms with Crippen molar-refractivity contribution in [1.82, 2.24) is 68.7 Å². The number of nitrogen functional groups attached to an aromatic ring is 3. The summed E-state index contributed by atoms with van der Waals surface area (Å²) < 4.78 is 171. The molecule has 127 heavy (non-hydrogen) atoms. The van der Waals surface area contributed by atoms with Gasteiger partial charge in [-0.15, -0.1) is 9.05 Å². The van der Waals surface area contributed by atoms with Gasteiger partial charge in [0.05, 0.1) is 68.6 Å². The van der Waals surface area contributed by atoms with Crippen LogP contribution in [0.4, 0.5) is 44.2 Å². The molecule has 0 bridgehead atoms. The quantitative estimate of drug-likeness (QED) is 0.00924. The number of nitrogens with zero attached hydrogens (tertiary/aromatic N) is 9. The summed E-state index contributed by atoms with van der Waals surface area (Å²) in [4.78, 5) is 104. The average molecular weight is 1920 g/mol. The molecule has 3 aliphatic heterocycles. The van der Waals surface area contributed by atoms with Gasteiger partial charge in [-0.2, -0.15) is 41.3 Å². The van der Waals surface area contributed by atoms with Crippen LogP contribution in [0.25, 0.3) is 33.5 Å². The molecule has 0 saturated carbocycles. The third-order valence-electron chi connectivity index (χ3n) is 20.5. The maximum absolute atomic E-state index is 13.8. The third kappa shape index (κ3) is 25.6. The minimum Gasteiger partial charge on any atom is -0.395 e. The number of hydrogen-bond donors (Lipinski definition) is 15. The van der Waals surface area contributed by atoms with E-state index in [1.165, 1.54) is 71.4 Å². The number of imidazole rings is 3. The minimum absolute atomic E-state index is 0. The SMILES string of the molecule is CC(C)(CO)C(=O)SCCOP(=O)(NCc1ccc(C(F)(F)F)cc1)OC[C@H]1O[C@@H](n2cnc3c(=O)[nH]c(N)nc32)C(C)(O)[C@H]1O.CCC(C)(C)C(=O)SCCOP(=O)(NCc1ccc(C(F)(F)F)cc1)OC[C@H]1O[C@@H](n2cnc3c(=O)[nH]c(N)nc32)C(C)(O)[C@H]1O.CCC(C)(C)C(=O)SCCO[P+](=O)OC[C@H]1O[C@@H](n2cnc3c(=O)[nH]c(N)nc32)C(C)(O)[C@H]1O.[B]. The topological polar surface area (TPSA) is 620 Å². The number of carbonyl (C=O) groups is 3. The second-order valence-electron chi connectivity index (χ2n) is 31.5. The number of aromatic nitrogens is 12. The number of hydrogen-bond acceptors (Lipinski definition) is 37. The zero-order chi connectivity index (χ0) is 93.4. The van der Waals surface area contributed by atoms with Crippen LogP contribution in [0, 0.1) is 16.2 Å². The van der Waals surface area contributed by atoms with Crippen LogP contribution in [0.3, 0.4) is 0 Å². The van der Waals surface area contributed by atoms with Crippen molar-refractivity contribution in [3.05, 3.63) is 121 Å². The van der Waals surface area contributed by atoms with E-state index >= 15 is 0 Å². The van der Waals surface area contributed by atoms with Gasteiger partial charge in [0.1, 0.15) is 66.6 Å². The Kier molecular flexibility index (Phi) is 34.9. The Labute approximate surface area is 735 Å². The van der Waals surface area contributed by atoms with Gasteiger partial charge in [0.2, 0.25) is 17.8 Å². The summed E-state index contributed by atoms with van der Waals surface area (Å²) in [6.45, 7) is 15.2. The highest BCUT2D eigenvalue weighted by molar-refractivity contribution is 8.14. The maximum atomic E-state index is 13.8. The van der Waals surface area contributed by atoms with Crippen LogP contribution in [0.5, 0.6) is 0 Å². The number of anilines is 3. The van der Waals surface area contributed by atoms with Crippen molar-refractivity contribution in [3.8, 4) is 0 Å². The van der Waals surface area contributed by atoms with Gasteiger partial charge >= 0.3 is 36.1 Å². The van der Waals surface area contributed by atoms with Crippen molar-refractivity contribution < 1.29 is 132 Å². The number of fused-ring (bicyclic) bond motifs is 3. The highest BCUT2D eigenvalue weighted by atomic mass is 32.2. The monoisotopic (exact) mass is 1920 g/mol. The summed E-state index contributed by atoms with van der Waals surface area (Å²) >= 11 is 2.92. The molecule has 11 rings (SSSR count). The first-order valence-electron chi connectivity index (χ1n) is 38.4. The first-order chi connectivity index (χ1) is 58.6. The molecule has 9 heterocycles. The zero-order valence-corrected chi connectivity index (χ0v) is 75.2. The fraction of sp³-hybridized carbons (Fsp3) is 0.583. The average Bonchev–Trinajstić information content (AvgIpc) is 1.60. The number of nitrogens with two attached hydrogens (primary N) is 3. The van der Waals surface area contributed by atoms with Crippen molar-refractivity contribution in [2.24, 2.45) is 16.2 Å². The van der Waals surface area contributed by atoms with Crippen molar-refractivity contribution >= 4 is 134 Å². The Morgan fingerprint density at radius 3 is 1.12 bits per heavy atom. The van der Waals surface area contributed by atoms with E-state index in [2.05, 4.69) is 55.0 Å². The van der Waals surface area contributed by atoms with E-state index in [1.807, 2.05) is 27.7 Å². The number of carbonyl (C=O) groups excluding carboxylic acids is 3. The predicted molar refractivity (Wildman–Crippen MR) is 452 cm³/mol. The molecule has 0 aliphatic carbocycles. The second kappa shape index (κ2) is 42.3. The maximum Gasteiger partial charge on any atom is 0.697 e. The lowest BCUT2D eigenvalue weighted by atomic mass is 9.92. The molecule has 3 radical (unpaired) electrons. The molecule has 2 aromatic carbocycles. The van der Waals surface area contributed by atoms with Crippen LogP contribution >= 0.6 is 59.0 Å². The Morgan fingerprint density at radius 1 is 0.520 bits per heavy atom. The van der Waals surface area contributed by atoms with Gasteiger partial charge in [-0.25, -0.2) is 34.3 Å². The largest absolute Gasteiger partial charge is 0.697 e. The molecule has 3 fully saturated rings. The van der Waals surface area contributed by atoms with Gasteiger partial charge in [0, 0.05) is 54.2 Å². The Morgan fingerprint density at radius 2 is 0.819 bits per heavy atom. The highest BCUT2D eigenvalue weighted by Gasteiger charge is 2.57. The number of aliphatic hydroxyl groups is 7. The first kappa shape index (κ1) is 105. The Hall–Kier alpha value is -7.57. The number of nitrogens with one attached hydrogen (secondary N) is 5. The molecule has 6 unspecified atom stereocenters. The van der Waals surface area contributed by atoms with Gasteiger partial charge < -0.3 is 67.2 Å². The van der Waals surface area contributed by atoms with E-state index in [0.717, 1.165) is 65.9 Å². The molecule has 0 amide bonds. The number of benzene rings is 2. The van der Waals surface area contributed by atoms with Gasteiger partial charge in [-0.05, 0) is 82.9 Å². The smallest absolute Gasteiger partial charge is 0.395 e. The van der Waals surface area contributed by atoms with E-state index in [-0.39, 0.29) is 133 Å². The van der Waals surface area contributed by atoms with Crippen molar-refractivity contribution in [3.63, 3.8) is 0 Å². The number of H-pyrrole nitrogens is 3. The fourth-order valence-electron chi connectivity index (χ4n) is 12.0. The number of halogens is 6. The summed E-state index contributed by atoms with van der Waals surface area (Å²) in [7, 11) is -11.1. The Balaban J connectivity index is 0.000000238. The number of aromatic amines is 3. The molecule has 3 aliphatic rings. The van der Waals surface area contributed by atoms with Gasteiger partial charge in [0.25, 0.3) is 16.7 Å². The zero-order valence-electron chi connectivity index (χ0n) is 70.1. The highest BCUT2D eigenvalue weighted by Crippen LogP contribution is 2.50. The molecule has 42 nitrogen and oxygen atoms in total. The van der Waals surface area contributed by atoms with E-state index < -0.39 is 165 Å². The van der Waals surface area contributed by atoms with Crippen LogP contribution in [-0.2, 0) is 94.9 Å². The predicted octanol–water partition coefficient (Wildman–Crippen LogP) is 6.01. The summed E-state index contributed by atoms with van der Waals surface area (Å²) in [5.41, 5.74) is 5.92. The summed E-state index contributed by atoms with van der Waals surface area (Å²) in [5, 5.41) is 79.8. The molecule has 6 aromatic heterocycles. The lowest BCUT2D eigenvalue weighted by Gasteiger charge is -2.27. The lowest BCUT2D eigenvalue weighted by molar-refractivity contribution is -0.138. The number of ether oxygens (including phenoxy) is 3. The molecule has 8 aromatic rings. The second-order valence-corrected chi connectivity index (χ2v) is 39.3. The molecule has 699 valence electrons. The van der Waals surface area contributed by atoms with Crippen LogP contribution in [0.2, 0.25) is 0 Å². The fourth-order valence-corrected chi connectivity index (χ4v) is 18.2. The van der Waals surface area contributed by atoms with Crippen molar-refractivity contribution in [2.45, 2.75) is 187 Å². The van der Waals surface area contributed by atoms with Crippen molar-refractivity contribution in [2.75, 3.05) is 80.7 Å². The van der Waals surface area contributed by atoms with Gasteiger partial charge in [0.15, 0.2) is 67.5 Å². The molecule has 0 spiro atoms. The molecule has 55 heteroatoms. The van der Waals surface area contributed by atoms with Crippen LogP contribution in [-0.4, -0.2) is 235 Å². The van der Waals surface area contributed by atoms with E-state index in [9.17, 15) is 105 Å². The molecule has 18 N–H and O–H groups in total. The third-order valence-corrected chi connectivity index (χ3v) is 28.0. The summed E-state index contributed by atoms with van der Waals surface area (Å²) in [6, 6.07) is 8.23. The lowest BCUT2D eigenvalue weighted by Crippen LogP contribution is -2.44. The number of aliphatic hydroxyl groups excluding tert-OH is 4. The van der Waals surface area contributed by atoms with Gasteiger partial charge in [-0.1, -0.05) is 101 Å². The molecule has 15 atom stereocenters. The number of alkyl halides is 6. The van der Waals surface area contributed by atoms with Gasteiger partial charge in [-0.3, -0.25) is 75.5 Å². The van der Waals surface area contributed by atoms with Crippen LogP contribution in [0.1, 0.15) is 130 Å². The summed E-state index contributed by atoms with van der Waals surface area (Å²) in [6.07, 6.45) is -16.4. The van der Waals surface area contributed by atoms with E-state index in [1.54, 1.807) is 27.7 Å². The Bertz CT molecular complexity index is 5220. The number of rotatable bonds is 36.